The summed E-state index contributed by atoms with van der Waals surface area (Å²) in [6, 6.07) is 14.3. The summed E-state index contributed by atoms with van der Waals surface area (Å²) in [6.07, 6.45) is 13.2. The standard InChI is InChI=1S/C26H35NO3S/c1-2-3-4-5-6-7-8-9-10-13-19-31-22-16-14-15-21(20-22)26(29)24-18-12-11-17-23(24)25(28)27(26)30/h11-12,14-18,20,29-30H,2-10,13,19H2,1H3. The van der Waals surface area contributed by atoms with E-state index in [1.807, 2.05) is 18.2 Å². The molecule has 1 atom stereocenters. The van der Waals surface area contributed by atoms with E-state index in [9.17, 15) is 15.1 Å². The van der Waals surface area contributed by atoms with Gasteiger partial charge in [0.1, 0.15) is 0 Å². The van der Waals surface area contributed by atoms with Gasteiger partial charge in [-0.05, 0) is 30.4 Å². The van der Waals surface area contributed by atoms with E-state index in [1.54, 1.807) is 42.1 Å². The Labute approximate surface area is 190 Å². The quantitative estimate of drug-likeness (QED) is 0.205. The van der Waals surface area contributed by atoms with E-state index in [2.05, 4.69) is 6.92 Å². The molecule has 0 radical (unpaired) electrons. The minimum Gasteiger partial charge on any atom is -0.361 e. The lowest BCUT2D eigenvalue weighted by molar-refractivity contribution is -0.203. The first-order valence-corrected chi connectivity index (χ1v) is 12.7. The first kappa shape index (κ1) is 23.8. The van der Waals surface area contributed by atoms with Crippen LogP contribution < -0.4 is 0 Å². The van der Waals surface area contributed by atoms with Crippen LogP contribution >= 0.6 is 11.8 Å². The van der Waals surface area contributed by atoms with Crippen LogP contribution in [0.4, 0.5) is 0 Å². The Morgan fingerprint density at radius 3 is 2.23 bits per heavy atom. The first-order chi connectivity index (χ1) is 15.1. The van der Waals surface area contributed by atoms with Crippen LogP contribution in [0.1, 0.15) is 92.6 Å². The van der Waals surface area contributed by atoms with E-state index in [0.717, 1.165) is 10.6 Å². The summed E-state index contributed by atoms with van der Waals surface area (Å²) in [5.74, 6) is 0.443. The zero-order chi connectivity index (χ0) is 22.1. The lowest BCUT2D eigenvalue weighted by atomic mass is 9.94. The van der Waals surface area contributed by atoms with Crippen LogP contribution in [0.15, 0.2) is 53.4 Å². The highest BCUT2D eigenvalue weighted by atomic mass is 32.2. The number of thioether (sulfide) groups is 1. The molecule has 0 fully saturated rings. The molecule has 0 spiro atoms. The lowest BCUT2D eigenvalue weighted by Crippen LogP contribution is -2.42. The Balaban J connectivity index is 1.47. The number of benzene rings is 2. The van der Waals surface area contributed by atoms with E-state index in [-0.39, 0.29) is 0 Å². The van der Waals surface area contributed by atoms with Crippen molar-refractivity contribution in [2.75, 3.05) is 5.75 Å². The van der Waals surface area contributed by atoms with Gasteiger partial charge in [-0.1, -0.05) is 95.0 Å². The largest absolute Gasteiger partial charge is 0.361 e. The number of hydroxylamine groups is 2. The highest BCUT2D eigenvalue weighted by Gasteiger charge is 2.49. The zero-order valence-electron chi connectivity index (χ0n) is 18.6. The Morgan fingerprint density at radius 1 is 0.871 bits per heavy atom. The molecule has 1 amide bonds. The minimum atomic E-state index is -1.85. The van der Waals surface area contributed by atoms with Gasteiger partial charge in [-0.25, -0.2) is 0 Å². The molecule has 0 aromatic heterocycles. The smallest absolute Gasteiger partial charge is 0.281 e. The maximum absolute atomic E-state index is 12.4. The van der Waals surface area contributed by atoms with Crippen molar-refractivity contribution < 1.29 is 15.1 Å². The van der Waals surface area contributed by atoms with Crippen molar-refractivity contribution in [2.45, 2.75) is 81.8 Å². The molecule has 168 valence electrons. The average Bonchev–Trinajstić information content (AvgIpc) is 3.00. The van der Waals surface area contributed by atoms with Crippen LogP contribution in [0.2, 0.25) is 0 Å². The third-order valence-corrected chi connectivity index (χ3v) is 7.12. The van der Waals surface area contributed by atoms with E-state index < -0.39 is 11.6 Å². The summed E-state index contributed by atoms with van der Waals surface area (Å²) >= 11 is 1.76. The Bertz CT molecular complexity index is 856. The molecule has 0 aliphatic carbocycles. The van der Waals surface area contributed by atoms with Gasteiger partial charge in [-0.3, -0.25) is 10.0 Å². The molecule has 1 heterocycles. The van der Waals surface area contributed by atoms with Crippen molar-refractivity contribution in [1.29, 1.82) is 0 Å². The SMILES string of the molecule is CCCCCCCCCCCCSc1cccc(C2(O)c3ccccc3C(=O)N2O)c1. The summed E-state index contributed by atoms with van der Waals surface area (Å²) in [7, 11) is 0. The second-order valence-corrected chi connectivity index (χ2v) is 9.56. The van der Waals surface area contributed by atoms with Gasteiger partial charge in [0.25, 0.3) is 5.91 Å². The normalized spacial score (nSPS) is 17.9. The number of rotatable bonds is 13. The summed E-state index contributed by atoms with van der Waals surface area (Å²) in [6.45, 7) is 2.26. The number of amides is 1. The number of nitrogens with zero attached hydrogens (tertiary/aromatic N) is 1. The Kier molecular flexibility index (Phi) is 9.00. The first-order valence-electron chi connectivity index (χ1n) is 11.7. The van der Waals surface area contributed by atoms with Crippen LogP contribution in [0.3, 0.4) is 0 Å². The molecule has 2 N–H and O–H groups in total. The lowest BCUT2D eigenvalue weighted by Gasteiger charge is -2.30. The van der Waals surface area contributed by atoms with Crippen molar-refractivity contribution >= 4 is 17.7 Å². The third-order valence-electron chi connectivity index (χ3n) is 6.04. The highest BCUT2D eigenvalue weighted by molar-refractivity contribution is 7.99. The topological polar surface area (TPSA) is 60.8 Å². The van der Waals surface area contributed by atoms with Crippen LogP contribution in [-0.4, -0.2) is 27.0 Å². The van der Waals surface area contributed by atoms with Crippen LogP contribution in [0.25, 0.3) is 0 Å². The number of hydrogen-bond acceptors (Lipinski definition) is 4. The molecule has 4 nitrogen and oxygen atoms in total. The van der Waals surface area contributed by atoms with Crippen LogP contribution in [-0.2, 0) is 5.72 Å². The van der Waals surface area contributed by atoms with Crippen LogP contribution in [0.5, 0.6) is 0 Å². The molecule has 2 aromatic rings. The van der Waals surface area contributed by atoms with Gasteiger partial charge in [0.05, 0.1) is 5.56 Å². The highest BCUT2D eigenvalue weighted by Crippen LogP contribution is 2.41. The van der Waals surface area contributed by atoms with E-state index in [1.165, 1.54) is 64.2 Å². The van der Waals surface area contributed by atoms with Gasteiger partial charge in [0, 0.05) is 16.0 Å². The monoisotopic (exact) mass is 441 g/mol. The Hall–Kier alpha value is -1.82. The van der Waals surface area contributed by atoms with Crippen molar-refractivity contribution in [1.82, 2.24) is 5.06 Å². The minimum absolute atomic E-state index is 0.330. The second kappa shape index (κ2) is 11.7. The summed E-state index contributed by atoms with van der Waals surface area (Å²) < 4.78 is 0. The molecule has 1 aliphatic heterocycles. The average molecular weight is 442 g/mol. The molecule has 2 aromatic carbocycles. The van der Waals surface area contributed by atoms with Crippen molar-refractivity contribution in [3.8, 4) is 0 Å². The molecule has 1 aliphatic rings. The predicted molar refractivity (Wildman–Crippen MR) is 126 cm³/mol. The molecule has 3 rings (SSSR count). The molecule has 1 unspecified atom stereocenters. The predicted octanol–water partition coefficient (Wildman–Crippen LogP) is 6.74. The van der Waals surface area contributed by atoms with Crippen molar-refractivity contribution in [3.63, 3.8) is 0 Å². The molecule has 31 heavy (non-hydrogen) atoms. The number of carbonyl (C=O) groups is 1. The zero-order valence-corrected chi connectivity index (χ0v) is 19.4. The van der Waals surface area contributed by atoms with Gasteiger partial charge in [-0.15, -0.1) is 11.8 Å². The fourth-order valence-corrected chi connectivity index (χ4v) is 5.18. The van der Waals surface area contributed by atoms with E-state index in [0.29, 0.717) is 21.8 Å². The Morgan fingerprint density at radius 2 is 1.52 bits per heavy atom. The van der Waals surface area contributed by atoms with Crippen LogP contribution in [0, 0.1) is 0 Å². The number of aliphatic hydroxyl groups is 1. The van der Waals surface area contributed by atoms with E-state index >= 15 is 0 Å². The number of carbonyl (C=O) groups excluding carboxylic acids is 1. The van der Waals surface area contributed by atoms with Crippen molar-refractivity contribution in [2.24, 2.45) is 0 Å². The molecule has 0 saturated carbocycles. The number of unbranched alkanes of at least 4 members (excludes halogenated alkanes) is 9. The molecule has 0 saturated heterocycles. The number of fused-ring (bicyclic) bond motifs is 1. The maximum atomic E-state index is 12.4. The molecule has 0 bridgehead atoms. The van der Waals surface area contributed by atoms with Gasteiger partial charge in [0.2, 0.25) is 5.72 Å². The van der Waals surface area contributed by atoms with Gasteiger partial charge < -0.3 is 5.11 Å². The van der Waals surface area contributed by atoms with Gasteiger partial charge in [0.15, 0.2) is 0 Å². The van der Waals surface area contributed by atoms with Crippen molar-refractivity contribution in [3.05, 3.63) is 65.2 Å². The summed E-state index contributed by atoms with van der Waals surface area (Å²) in [5.41, 5.74) is -0.599. The molecular weight excluding hydrogens is 406 g/mol. The molecular formula is C26H35NO3S. The second-order valence-electron chi connectivity index (χ2n) is 8.39. The summed E-state index contributed by atoms with van der Waals surface area (Å²) in [5, 5.41) is 22.1. The fraction of sp³-hybridized carbons (Fsp3) is 0.500. The summed E-state index contributed by atoms with van der Waals surface area (Å²) in [4.78, 5) is 13.4. The number of hydrogen-bond donors (Lipinski definition) is 2. The van der Waals surface area contributed by atoms with Gasteiger partial charge >= 0.3 is 0 Å². The van der Waals surface area contributed by atoms with Gasteiger partial charge in [-0.2, -0.15) is 5.06 Å². The molecule has 5 heteroatoms. The third kappa shape index (κ3) is 5.71. The maximum Gasteiger partial charge on any atom is 0.281 e. The fourth-order valence-electron chi connectivity index (χ4n) is 4.21. The van der Waals surface area contributed by atoms with E-state index in [4.69, 9.17) is 0 Å².